The van der Waals surface area contributed by atoms with Gasteiger partial charge in [0, 0.05) is 34.9 Å². The van der Waals surface area contributed by atoms with Crippen molar-refractivity contribution in [2.24, 2.45) is 5.92 Å². The maximum atomic E-state index is 16.2. The first-order valence-electron chi connectivity index (χ1n) is 13.7. The molecule has 2 fully saturated rings. The number of esters is 1. The Balaban J connectivity index is 1.42. The van der Waals surface area contributed by atoms with Crippen LogP contribution >= 0.6 is 23.2 Å². The molecule has 9 nitrogen and oxygen atoms in total. The maximum absolute atomic E-state index is 16.2. The molecule has 3 aliphatic heterocycles. The Labute approximate surface area is 249 Å². The van der Waals surface area contributed by atoms with E-state index in [2.05, 4.69) is 15.2 Å². The van der Waals surface area contributed by atoms with E-state index in [0.717, 1.165) is 18.4 Å². The van der Waals surface area contributed by atoms with Crippen LogP contribution in [0.25, 0.3) is 11.0 Å². The van der Waals surface area contributed by atoms with Gasteiger partial charge in [-0.15, -0.1) is 5.10 Å². The van der Waals surface area contributed by atoms with Crippen LogP contribution in [0.1, 0.15) is 46.3 Å². The van der Waals surface area contributed by atoms with Crippen molar-refractivity contribution in [2.75, 3.05) is 25.6 Å². The fraction of sp³-hybridized carbons (Fsp3) is 0.333. The first-order valence-corrected chi connectivity index (χ1v) is 14.5. The predicted octanol–water partition coefficient (Wildman–Crippen LogP) is 5.32. The molecule has 1 saturated carbocycles. The number of likely N-dealkylation sites (tertiary alicyclic amines) is 1. The highest BCUT2D eigenvalue weighted by Gasteiger charge is 2.69. The number of nitrogens with one attached hydrogen (secondary N) is 1. The third kappa shape index (κ3) is 3.46. The monoisotopic (exact) mass is 607 g/mol. The van der Waals surface area contributed by atoms with E-state index in [-0.39, 0.29) is 29.1 Å². The van der Waals surface area contributed by atoms with Gasteiger partial charge in [0.15, 0.2) is 5.65 Å². The van der Waals surface area contributed by atoms with E-state index < -0.39 is 29.3 Å². The van der Waals surface area contributed by atoms with Gasteiger partial charge in [0.1, 0.15) is 18.0 Å². The van der Waals surface area contributed by atoms with Crippen LogP contribution in [0.4, 0.5) is 10.1 Å². The van der Waals surface area contributed by atoms with Crippen LogP contribution in [-0.2, 0) is 15.1 Å². The molecule has 2 aromatic carbocycles. The molecule has 12 heteroatoms. The van der Waals surface area contributed by atoms with E-state index in [9.17, 15) is 9.59 Å². The minimum atomic E-state index is -1.29. The molecule has 1 amide bonds. The zero-order valence-electron chi connectivity index (χ0n) is 22.3. The number of hydrogen-bond donors (Lipinski definition) is 1. The van der Waals surface area contributed by atoms with E-state index >= 15 is 4.39 Å². The topological polar surface area (TPSA) is 98.6 Å². The first-order chi connectivity index (χ1) is 20.3. The van der Waals surface area contributed by atoms with Gasteiger partial charge in [-0.25, -0.2) is 18.9 Å². The van der Waals surface area contributed by atoms with Crippen LogP contribution in [-0.4, -0.2) is 57.8 Å². The fourth-order valence-corrected chi connectivity index (χ4v) is 7.56. The molecule has 4 aliphatic rings. The Bertz CT molecular complexity index is 1830. The number of pyridine rings is 1. The van der Waals surface area contributed by atoms with Gasteiger partial charge in [0.05, 0.1) is 35.2 Å². The number of aromatic nitrogens is 3. The summed E-state index contributed by atoms with van der Waals surface area (Å²) in [7, 11) is 1.30. The molecule has 1 aliphatic carbocycles. The van der Waals surface area contributed by atoms with Crippen LogP contribution in [0.5, 0.6) is 5.88 Å². The van der Waals surface area contributed by atoms with Crippen LogP contribution in [0.2, 0.25) is 10.0 Å². The molecule has 214 valence electrons. The third-order valence-corrected chi connectivity index (χ3v) is 9.62. The molecule has 8 rings (SSSR count). The zero-order chi connectivity index (χ0) is 28.9. The van der Waals surface area contributed by atoms with Gasteiger partial charge in [-0.05, 0) is 48.6 Å². The number of anilines is 1. The van der Waals surface area contributed by atoms with E-state index in [4.69, 9.17) is 37.8 Å². The van der Waals surface area contributed by atoms with Crippen molar-refractivity contribution in [3.8, 4) is 5.88 Å². The van der Waals surface area contributed by atoms with E-state index in [1.54, 1.807) is 35.0 Å². The number of carbonyl (C=O) groups excluding carboxylic acids is 2. The summed E-state index contributed by atoms with van der Waals surface area (Å²) in [5.41, 5.74) is 0.946. The second-order valence-corrected chi connectivity index (χ2v) is 12.2. The summed E-state index contributed by atoms with van der Waals surface area (Å²) >= 11 is 12.7. The van der Waals surface area contributed by atoms with Crippen molar-refractivity contribution >= 4 is 51.8 Å². The van der Waals surface area contributed by atoms with Gasteiger partial charge < -0.3 is 14.8 Å². The standard InChI is InChI=1S/C30H24Cl2FN5O4/c1-41-28(39)15-9-18-26(34-11-15)36-38-25-22(13-42-27(18)38)37(12-14-5-6-14)30(23(25)17-3-2-4-20(32)24(17)33)19-8-7-16(31)10-21(19)35-29(30)40/h2-4,7-11,14,22-23,25H,5-6,12-13H2,1H3,(H,35,40)/t22-,23-,25+,30+/m0/s1. The number of methoxy groups -OCH3 is 1. The van der Waals surface area contributed by atoms with Crippen LogP contribution in [0.3, 0.4) is 0 Å². The largest absolute Gasteiger partial charge is 0.476 e. The lowest BCUT2D eigenvalue weighted by atomic mass is 9.73. The molecule has 0 bridgehead atoms. The molecule has 0 radical (unpaired) electrons. The van der Waals surface area contributed by atoms with Crippen LogP contribution in [0, 0.1) is 11.7 Å². The Morgan fingerprint density at radius 3 is 2.86 bits per heavy atom. The summed E-state index contributed by atoms with van der Waals surface area (Å²) in [4.78, 5) is 33.3. The van der Waals surface area contributed by atoms with Crippen molar-refractivity contribution in [3.63, 3.8) is 0 Å². The van der Waals surface area contributed by atoms with Crippen molar-refractivity contribution in [1.82, 2.24) is 19.7 Å². The predicted molar refractivity (Wildman–Crippen MR) is 153 cm³/mol. The lowest BCUT2D eigenvalue weighted by Crippen LogP contribution is -2.54. The molecule has 0 unspecified atom stereocenters. The van der Waals surface area contributed by atoms with Gasteiger partial charge in [0.2, 0.25) is 11.8 Å². The fourth-order valence-electron chi connectivity index (χ4n) is 7.21. The Kier molecular flexibility index (Phi) is 5.64. The Hall–Kier alpha value is -3.73. The number of halogens is 3. The molecule has 42 heavy (non-hydrogen) atoms. The van der Waals surface area contributed by atoms with Gasteiger partial charge in [-0.1, -0.05) is 41.4 Å². The lowest BCUT2D eigenvalue weighted by molar-refractivity contribution is -0.128. The first kappa shape index (κ1) is 25.9. The summed E-state index contributed by atoms with van der Waals surface area (Å²) in [5.74, 6) is -1.33. The highest BCUT2D eigenvalue weighted by molar-refractivity contribution is 6.31. The Morgan fingerprint density at radius 2 is 2.07 bits per heavy atom. The van der Waals surface area contributed by atoms with E-state index in [0.29, 0.717) is 45.6 Å². The molecular weight excluding hydrogens is 584 g/mol. The van der Waals surface area contributed by atoms with Crippen LogP contribution < -0.4 is 10.1 Å². The number of fused-ring (bicyclic) bond motifs is 7. The molecule has 2 aromatic heterocycles. The smallest absolute Gasteiger partial charge is 0.339 e. The summed E-state index contributed by atoms with van der Waals surface area (Å²) < 4.78 is 29.1. The summed E-state index contributed by atoms with van der Waals surface area (Å²) in [6, 6.07) is 11.0. The minimum Gasteiger partial charge on any atom is -0.476 e. The average molecular weight is 608 g/mol. The number of ether oxygens (including phenoxy) is 2. The summed E-state index contributed by atoms with van der Waals surface area (Å²) in [6.07, 6.45) is 3.50. The number of hydrogen-bond acceptors (Lipinski definition) is 7. The third-order valence-electron chi connectivity index (χ3n) is 9.10. The second kappa shape index (κ2) is 9.13. The molecule has 5 heterocycles. The molecule has 1 spiro atoms. The minimum absolute atomic E-state index is 0.0307. The zero-order valence-corrected chi connectivity index (χ0v) is 23.8. The lowest BCUT2D eigenvalue weighted by Gasteiger charge is -2.39. The van der Waals surface area contributed by atoms with Crippen molar-refractivity contribution in [3.05, 3.63) is 81.2 Å². The van der Waals surface area contributed by atoms with Gasteiger partial charge in [-0.2, -0.15) is 0 Å². The van der Waals surface area contributed by atoms with E-state index in [1.807, 2.05) is 6.07 Å². The maximum Gasteiger partial charge on any atom is 0.339 e. The summed E-state index contributed by atoms with van der Waals surface area (Å²) in [6.45, 7) is 0.844. The van der Waals surface area contributed by atoms with Crippen LogP contribution in [0.15, 0.2) is 48.7 Å². The molecule has 1 N–H and O–H groups in total. The highest BCUT2D eigenvalue weighted by Crippen LogP contribution is 2.63. The molecular formula is C30H24Cl2FN5O4. The second-order valence-electron chi connectivity index (χ2n) is 11.3. The highest BCUT2D eigenvalue weighted by atomic mass is 35.5. The van der Waals surface area contributed by atoms with Gasteiger partial charge in [0.25, 0.3) is 0 Å². The number of nitrogens with zero attached hydrogens (tertiary/aromatic N) is 4. The number of amides is 1. The number of rotatable bonds is 4. The summed E-state index contributed by atoms with van der Waals surface area (Å²) in [5, 5.41) is 8.86. The van der Waals surface area contributed by atoms with Crippen molar-refractivity contribution < 1.29 is 23.5 Å². The van der Waals surface area contributed by atoms with Gasteiger partial charge >= 0.3 is 5.97 Å². The van der Waals surface area contributed by atoms with Gasteiger partial charge in [-0.3, -0.25) is 9.69 Å². The number of carbonyl (C=O) groups is 2. The number of benzene rings is 2. The SMILES string of the molecule is COC(=O)c1cnc2nn3c(c2c1)OC[C@H]1[C@@H]3[C@H](c2cccc(Cl)c2F)[C@]2(C(=O)Nc3cc(Cl)ccc32)N1CC1CC1. The Morgan fingerprint density at radius 1 is 1.24 bits per heavy atom. The van der Waals surface area contributed by atoms with Crippen molar-refractivity contribution in [1.29, 1.82) is 0 Å². The molecule has 1 saturated heterocycles. The molecule has 4 atom stereocenters. The quantitative estimate of drug-likeness (QED) is 0.313. The van der Waals surface area contributed by atoms with E-state index in [1.165, 1.54) is 19.4 Å². The average Bonchev–Trinajstić information content (AvgIpc) is 3.57. The van der Waals surface area contributed by atoms with Crippen molar-refractivity contribution in [2.45, 2.75) is 36.4 Å². The normalized spacial score (nSPS) is 26.1. The molecule has 4 aromatic rings.